The highest BCUT2D eigenvalue weighted by molar-refractivity contribution is 5.99. The van der Waals surface area contributed by atoms with Gasteiger partial charge in [-0.1, -0.05) is 6.07 Å². The fraction of sp³-hybridized carbons (Fsp3) is 0.300. The van der Waals surface area contributed by atoms with Gasteiger partial charge in [-0.2, -0.15) is 13.2 Å². The van der Waals surface area contributed by atoms with Gasteiger partial charge in [-0.15, -0.1) is 0 Å². The Balaban J connectivity index is 2.23. The van der Waals surface area contributed by atoms with E-state index in [1.165, 1.54) is 37.3 Å². The van der Waals surface area contributed by atoms with Crippen molar-refractivity contribution in [3.8, 4) is 11.5 Å². The molecule has 6 nitrogen and oxygen atoms in total. The van der Waals surface area contributed by atoms with Gasteiger partial charge in [-0.25, -0.2) is 0 Å². The van der Waals surface area contributed by atoms with E-state index in [4.69, 9.17) is 4.74 Å². The average Bonchev–Trinajstić information content (AvgIpc) is 2.60. The molecule has 29 heavy (non-hydrogen) atoms. The fourth-order valence-electron chi connectivity index (χ4n) is 2.59. The number of phenols is 1. The molecule has 2 aromatic rings. The molecular formula is C20H21F3N2O4. The van der Waals surface area contributed by atoms with Crippen LogP contribution in [0.1, 0.15) is 42.3 Å². The Labute approximate surface area is 165 Å². The van der Waals surface area contributed by atoms with Crippen LogP contribution in [0, 0.1) is 0 Å². The summed E-state index contributed by atoms with van der Waals surface area (Å²) in [6.07, 6.45) is -4.93. The van der Waals surface area contributed by atoms with Gasteiger partial charge in [0.2, 0.25) is 5.91 Å². The van der Waals surface area contributed by atoms with E-state index in [0.29, 0.717) is 0 Å². The first-order chi connectivity index (χ1) is 13.5. The lowest BCUT2D eigenvalue weighted by Crippen LogP contribution is -2.25. The van der Waals surface area contributed by atoms with E-state index in [1.807, 2.05) is 0 Å². The van der Waals surface area contributed by atoms with Crippen molar-refractivity contribution >= 4 is 17.5 Å². The number of rotatable bonds is 6. The number of amides is 2. The molecule has 2 aromatic carbocycles. The molecule has 2 rings (SSSR count). The molecule has 0 aliphatic carbocycles. The number of hydrogen-bond donors (Lipinski definition) is 3. The smallest absolute Gasteiger partial charge is 0.416 e. The van der Waals surface area contributed by atoms with Gasteiger partial charge < -0.3 is 20.5 Å². The van der Waals surface area contributed by atoms with Gasteiger partial charge in [-0.3, -0.25) is 9.59 Å². The standard InChI is InChI=1S/C20H21F3N2O4/c1-11(2)29-15-6-4-13(17(9-15)20(21,22)23)10-24-19(28)16-8-14(25-12(3)26)5-7-18(16)27/h4-9,11,27H,10H2,1-3H3,(H,24,28)(H,25,26). The van der Waals surface area contributed by atoms with Crippen LogP contribution < -0.4 is 15.4 Å². The zero-order valence-corrected chi connectivity index (χ0v) is 16.1. The molecule has 0 atom stereocenters. The summed E-state index contributed by atoms with van der Waals surface area (Å²) in [5.41, 5.74) is -0.984. The minimum Gasteiger partial charge on any atom is -0.507 e. The second-order valence-corrected chi connectivity index (χ2v) is 6.58. The minimum atomic E-state index is -4.64. The molecule has 0 aromatic heterocycles. The number of halogens is 3. The number of alkyl halides is 3. The molecule has 0 bridgehead atoms. The first kappa shape index (κ1) is 22.1. The highest BCUT2D eigenvalue weighted by Gasteiger charge is 2.34. The number of carbonyl (C=O) groups excluding carboxylic acids is 2. The van der Waals surface area contributed by atoms with Gasteiger partial charge in [0.1, 0.15) is 11.5 Å². The van der Waals surface area contributed by atoms with Crippen LogP contribution in [0.2, 0.25) is 0 Å². The summed E-state index contributed by atoms with van der Waals surface area (Å²) in [6.45, 7) is 4.25. The maximum Gasteiger partial charge on any atom is 0.416 e. The van der Waals surface area contributed by atoms with Crippen molar-refractivity contribution in [1.82, 2.24) is 5.32 Å². The molecule has 0 spiro atoms. The van der Waals surface area contributed by atoms with E-state index in [0.717, 1.165) is 6.07 Å². The second kappa shape index (κ2) is 8.85. The number of aromatic hydroxyl groups is 1. The molecule has 0 heterocycles. The summed E-state index contributed by atoms with van der Waals surface area (Å²) in [4.78, 5) is 23.5. The fourth-order valence-corrected chi connectivity index (χ4v) is 2.59. The lowest BCUT2D eigenvalue weighted by Gasteiger charge is -2.17. The first-order valence-electron chi connectivity index (χ1n) is 8.73. The van der Waals surface area contributed by atoms with Gasteiger partial charge in [0, 0.05) is 19.2 Å². The average molecular weight is 410 g/mol. The molecular weight excluding hydrogens is 389 g/mol. The molecule has 0 aliphatic rings. The van der Waals surface area contributed by atoms with Crippen molar-refractivity contribution in [1.29, 1.82) is 0 Å². The zero-order chi connectivity index (χ0) is 21.8. The molecule has 0 saturated heterocycles. The predicted octanol–water partition coefficient (Wildman–Crippen LogP) is 4.09. The van der Waals surface area contributed by atoms with Gasteiger partial charge in [-0.05, 0) is 49.7 Å². The molecule has 9 heteroatoms. The van der Waals surface area contributed by atoms with Crippen LogP contribution >= 0.6 is 0 Å². The summed E-state index contributed by atoms with van der Waals surface area (Å²) >= 11 is 0. The van der Waals surface area contributed by atoms with Crippen molar-refractivity contribution in [2.75, 3.05) is 5.32 Å². The quantitative estimate of drug-likeness (QED) is 0.626. The number of hydrogen-bond acceptors (Lipinski definition) is 4. The van der Waals surface area contributed by atoms with Crippen LogP contribution in [0.4, 0.5) is 18.9 Å². The third kappa shape index (κ3) is 6.13. The maximum absolute atomic E-state index is 13.4. The van der Waals surface area contributed by atoms with Gasteiger partial charge in [0.05, 0.1) is 17.2 Å². The van der Waals surface area contributed by atoms with E-state index >= 15 is 0 Å². The van der Waals surface area contributed by atoms with E-state index in [-0.39, 0.29) is 40.3 Å². The molecule has 3 N–H and O–H groups in total. The number of benzene rings is 2. The molecule has 0 unspecified atom stereocenters. The highest BCUT2D eigenvalue weighted by Crippen LogP contribution is 2.35. The summed E-state index contributed by atoms with van der Waals surface area (Å²) in [5, 5.41) is 14.7. The Morgan fingerprint density at radius 1 is 1.14 bits per heavy atom. The third-order valence-electron chi connectivity index (χ3n) is 3.76. The van der Waals surface area contributed by atoms with Gasteiger partial charge >= 0.3 is 6.18 Å². The van der Waals surface area contributed by atoms with Gasteiger partial charge in [0.15, 0.2) is 0 Å². The summed E-state index contributed by atoms with van der Waals surface area (Å²) in [7, 11) is 0. The number of anilines is 1. The molecule has 0 aliphatic heterocycles. The number of nitrogens with one attached hydrogen (secondary N) is 2. The maximum atomic E-state index is 13.4. The Kier molecular flexibility index (Phi) is 6.73. The highest BCUT2D eigenvalue weighted by atomic mass is 19.4. The largest absolute Gasteiger partial charge is 0.507 e. The van der Waals surface area contributed by atoms with Crippen molar-refractivity contribution in [3.05, 3.63) is 53.1 Å². The first-order valence-corrected chi connectivity index (χ1v) is 8.73. The number of ether oxygens (including phenoxy) is 1. The molecule has 0 saturated carbocycles. The summed E-state index contributed by atoms with van der Waals surface area (Å²) < 4.78 is 45.5. The van der Waals surface area contributed by atoms with Crippen molar-refractivity contribution in [2.24, 2.45) is 0 Å². The van der Waals surface area contributed by atoms with E-state index < -0.39 is 24.2 Å². The van der Waals surface area contributed by atoms with Crippen LogP contribution in [0.15, 0.2) is 36.4 Å². The second-order valence-electron chi connectivity index (χ2n) is 6.58. The van der Waals surface area contributed by atoms with Crippen molar-refractivity contribution < 1.29 is 32.6 Å². The Morgan fingerprint density at radius 3 is 2.41 bits per heavy atom. The number of phenolic OH excluding ortho intramolecular Hbond substituents is 1. The monoisotopic (exact) mass is 410 g/mol. The van der Waals surface area contributed by atoms with Crippen LogP contribution in [0.25, 0.3) is 0 Å². The zero-order valence-electron chi connectivity index (χ0n) is 16.1. The van der Waals surface area contributed by atoms with Crippen LogP contribution in [-0.2, 0) is 17.5 Å². The van der Waals surface area contributed by atoms with Crippen molar-refractivity contribution in [2.45, 2.75) is 39.6 Å². The molecule has 156 valence electrons. The van der Waals surface area contributed by atoms with E-state index in [9.17, 15) is 27.9 Å². The predicted molar refractivity (Wildman–Crippen MR) is 101 cm³/mol. The summed E-state index contributed by atoms with van der Waals surface area (Å²) in [5.74, 6) is -1.46. The van der Waals surface area contributed by atoms with E-state index in [1.54, 1.807) is 13.8 Å². The third-order valence-corrected chi connectivity index (χ3v) is 3.76. The molecule has 0 fully saturated rings. The molecule has 0 radical (unpaired) electrons. The summed E-state index contributed by atoms with van der Waals surface area (Å²) in [6, 6.07) is 7.34. The Hall–Kier alpha value is -3.23. The topological polar surface area (TPSA) is 87.7 Å². The Morgan fingerprint density at radius 2 is 1.83 bits per heavy atom. The Bertz CT molecular complexity index is 911. The lowest BCUT2D eigenvalue weighted by molar-refractivity contribution is -0.138. The minimum absolute atomic E-state index is 0.0723. The van der Waals surface area contributed by atoms with E-state index in [2.05, 4.69) is 10.6 Å². The van der Waals surface area contributed by atoms with Crippen LogP contribution in [0.5, 0.6) is 11.5 Å². The van der Waals surface area contributed by atoms with Gasteiger partial charge in [0.25, 0.3) is 5.91 Å². The van der Waals surface area contributed by atoms with Crippen LogP contribution in [0.3, 0.4) is 0 Å². The van der Waals surface area contributed by atoms with Crippen LogP contribution in [-0.4, -0.2) is 23.0 Å². The molecule has 2 amide bonds. The normalized spacial score (nSPS) is 11.3. The number of carbonyl (C=O) groups is 2. The lowest BCUT2D eigenvalue weighted by atomic mass is 10.1. The van der Waals surface area contributed by atoms with Crippen molar-refractivity contribution in [3.63, 3.8) is 0 Å². The SMILES string of the molecule is CC(=O)Nc1ccc(O)c(C(=O)NCc2ccc(OC(C)C)cc2C(F)(F)F)c1.